The number of rotatable bonds is 4. The van der Waals surface area contributed by atoms with Crippen molar-refractivity contribution in [2.45, 2.75) is 169 Å². The molecule has 0 amide bonds. The maximum Gasteiger partial charge on any atom is 0.0545 e. The van der Waals surface area contributed by atoms with Gasteiger partial charge in [-0.05, 0) is 222 Å². The first kappa shape index (κ1) is 36.2. The Hall–Kier alpha value is -0.160. The lowest BCUT2D eigenvalue weighted by molar-refractivity contribution is -0.127. The fraction of sp³-hybridized carbons (Fsp3) is 1.00. The van der Waals surface area contributed by atoms with Gasteiger partial charge in [0.2, 0.25) is 0 Å². The van der Waals surface area contributed by atoms with E-state index in [1.807, 2.05) is 13.8 Å². The van der Waals surface area contributed by atoms with Gasteiger partial charge in [0.25, 0.3) is 0 Å². The van der Waals surface area contributed by atoms with Crippen LogP contribution in [0.4, 0.5) is 0 Å². The molecule has 0 heterocycles. The average Bonchev–Trinajstić information content (AvgIpc) is 3.61. The van der Waals surface area contributed by atoms with Gasteiger partial charge in [0.1, 0.15) is 0 Å². The Morgan fingerprint density at radius 3 is 1.17 bits per heavy atom. The topological polar surface area (TPSA) is 80.9 Å². The number of aliphatic hydroxyl groups excluding tert-OH is 4. The summed E-state index contributed by atoms with van der Waals surface area (Å²) in [5.74, 6) is 9.21. The molecule has 8 aliphatic carbocycles. The Morgan fingerprint density at radius 1 is 0.458 bits per heavy atom. The van der Waals surface area contributed by atoms with E-state index in [1.165, 1.54) is 116 Å². The lowest BCUT2D eigenvalue weighted by atomic mass is 9.44. The zero-order valence-electron chi connectivity index (χ0n) is 32.0. The van der Waals surface area contributed by atoms with Crippen LogP contribution in [0.15, 0.2) is 0 Å². The Morgan fingerprint density at radius 2 is 0.812 bits per heavy atom. The van der Waals surface area contributed by atoms with Crippen LogP contribution in [0, 0.1) is 92.7 Å². The van der Waals surface area contributed by atoms with Crippen molar-refractivity contribution in [1.29, 1.82) is 0 Å². The van der Waals surface area contributed by atoms with Gasteiger partial charge in [0.15, 0.2) is 0 Å². The zero-order chi connectivity index (χ0) is 34.2. The van der Waals surface area contributed by atoms with Crippen LogP contribution in [-0.4, -0.2) is 45.8 Å². The van der Waals surface area contributed by atoms with Crippen LogP contribution in [0.2, 0.25) is 0 Å². The second-order valence-electron chi connectivity index (χ2n) is 20.9. The van der Waals surface area contributed by atoms with Gasteiger partial charge in [-0.3, -0.25) is 0 Å². The number of aliphatic hydroxyl groups is 4. The van der Waals surface area contributed by atoms with Gasteiger partial charge < -0.3 is 20.4 Å². The molecule has 276 valence electrons. The Labute approximate surface area is 295 Å². The Bertz CT molecular complexity index is 1040. The molecule has 18 atom stereocenters. The number of hydrogen-bond donors (Lipinski definition) is 4. The van der Waals surface area contributed by atoms with Crippen LogP contribution in [0.3, 0.4) is 0 Å². The minimum atomic E-state index is -0.136. The summed E-state index contributed by atoms with van der Waals surface area (Å²) >= 11 is 0. The summed E-state index contributed by atoms with van der Waals surface area (Å²) in [6.07, 6.45) is 23.7. The summed E-state index contributed by atoms with van der Waals surface area (Å²) in [5, 5.41) is 39.9. The zero-order valence-corrected chi connectivity index (χ0v) is 32.0. The first-order valence-electron chi connectivity index (χ1n) is 21.4. The van der Waals surface area contributed by atoms with Gasteiger partial charge in [-0.15, -0.1) is 0 Å². The monoisotopic (exact) mass is 669 g/mol. The summed E-state index contributed by atoms with van der Waals surface area (Å²) in [6.45, 7) is 15.1. The molecule has 8 fully saturated rings. The van der Waals surface area contributed by atoms with E-state index >= 15 is 0 Å². The van der Waals surface area contributed by atoms with E-state index in [4.69, 9.17) is 0 Å². The van der Waals surface area contributed by atoms with E-state index in [2.05, 4.69) is 27.7 Å². The number of hydrogen-bond acceptors (Lipinski definition) is 4. The fourth-order valence-electron chi connectivity index (χ4n) is 16.7. The molecule has 48 heavy (non-hydrogen) atoms. The lowest BCUT2D eigenvalue weighted by Crippen LogP contribution is -2.54. The van der Waals surface area contributed by atoms with E-state index in [0.717, 1.165) is 47.3 Å². The second kappa shape index (κ2) is 13.4. The van der Waals surface area contributed by atoms with Crippen molar-refractivity contribution in [1.82, 2.24) is 0 Å². The van der Waals surface area contributed by atoms with Crippen LogP contribution < -0.4 is 0 Å². The molecule has 0 spiro atoms. The average molecular weight is 669 g/mol. The van der Waals surface area contributed by atoms with Crippen molar-refractivity contribution in [3.63, 3.8) is 0 Å². The van der Waals surface area contributed by atoms with E-state index in [-0.39, 0.29) is 12.2 Å². The highest BCUT2D eigenvalue weighted by atomic mass is 16.3. The summed E-state index contributed by atoms with van der Waals surface area (Å²) in [7, 11) is 0. The first-order chi connectivity index (χ1) is 22.8. The molecule has 8 unspecified atom stereocenters. The third-order valence-corrected chi connectivity index (χ3v) is 19.4. The molecule has 0 aliphatic heterocycles. The van der Waals surface area contributed by atoms with Crippen LogP contribution in [0.1, 0.15) is 157 Å². The molecular weight excluding hydrogens is 592 g/mol. The van der Waals surface area contributed by atoms with Gasteiger partial charge >= 0.3 is 0 Å². The van der Waals surface area contributed by atoms with Crippen molar-refractivity contribution < 1.29 is 20.4 Å². The quantitative estimate of drug-likeness (QED) is 0.241. The standard InChI is InChI=1S/2C22H38O2/c2*1-14(24)18-6-7-19-17-5-4-16-12-15(13-23)8-10-21(16,2)20(17)9-11-22(18,19)3/h2*14-20,23-24H,4-13H2,1-3H3/t14-,15+,16?,17?,18-,19?,20?,21+,22-;14-,15-,16?,17?,18+,19?,20?,21-,22+/m10/s1. The largest absolute Gasteiger partial charge is 0.396 e. The molecule has 8 saturated carbocycles. The predicted molar refractivity (Wildman–Crippen MR) is 195 cm³/mol. The maximum atomic E-state index is 10.3. The highest BCUT2D eigenvalue weighted by Gasteiger charge is 2.62. The molecule has 0 aromatic carbocycles. The Kier molecular flexibility index (Phi) is 10.1. The molecule has 4 heteroatoms. The molecule has 0 bridgehead atoms. The van der Waals surface area contributed by atoms with Crippen molar-refractivity contribution in [3.8, 4) is 0 Å². The lowest BCUT2D eigenvalue weighted by Gasteiger charge is -2.61. The van der Waals surface area contributed by atoms with Gasteiger partial charge in [-0.25, -0.2) is 0 Å². The van der Waals surface area contributed by atoms with E-state index < -0.39 is 0 Å². The molecule has 0 aromatic rings. The maximum absolute atomic E-state index is 10.3. The molecular formula is C44H76O4. The summed E-state index contributed by atoms with van der Waals surface area (Å²) in [6, 6.07) is 0. The summed E-state index contributed by atoms with van der Waals surface area (Å²) in [5.41, 5.74) is 1.83. The van der Waals surface area contributed by atoms with Crippen molar-refractivity contribution in [2.75, 3.05) is 13.2 Å². The molecule has 0 radical (unpaired) electrons. The van der Waals surface area contributed by atoms with Gasteiger partial charge in [0, 0.05) is 13.2 Å². The van der Waals surface area contributed by atoms with Crippen LogP contribution in [-0.2, 0) is 0 Å². The summed E-state index contributed by atoms with van der Waals surface area (Å²) < 4.78 is 0. The summed E-state index contributed by atoms with van der Waals surface area (Å²) in [4.78, 5) is 0. The third-order valence-electron chi connectivity index (χ3n) is 19.4. The highest BCUT2D eigenvalue weighted by molar-refractivity contribution is 5.11. The minimum absolute atomic E-state index is 0.136. The van der Waals surface area contributed by atoms with Crippen LogP contribution in [0.25, 0.3) is 0 Å². The Balaban J connectivity index is 0.000000152. The van der Waals surface area contributed by atoms with Crippen LogP contribution in [0.5, 0.6) is 0 Å². The molecule has 0 aromatic heterocycles. The van der Waals surface area contributed by atoms with Crippen molar-refractivity contribution in [2.24, 2.45) is 92.7 Å². The first-order valence-corrected chi connectivity index (χ1v) is 21.4. The van der Waals surface area contributed by atoms with Gasteiger partial charge in [0.05, 0.1) is 12.2 Å². The SMILES string of the molecule is C[C@@H](O)[C@H]1CCC2C3CCC4C[C@@H](CO)CC[C@]4(C)C3CC[C@@]21C.C[C@H](O)[C@H]1CCC2C3CCC4C[C@@H](CO)CC[C@]4(C)C3CC[C@@]21C. The molecule has 0 saturated heterocycles. The highest BCUT2D eigenvalue weighted by Crippen LogP contribution is 2.69. The smallest absolute Gasteiger partial charge is 0.0545 e. The predicted octanol–water partition coefficient (Wildman–Crippen LogP) is 9.27. The molecule has 4 nitrogen and oxygen atoms in total. The molecule has 4 N–H and O–H groups in total. The van der Waals surface area contributed by atoms with Crippen LogP contribution >= 0.6 is 0 Å². The van der Waals surface area contributed by atoms with E-state index in [0.29, 0.717) is 58.5 Å². The van der Waals surface area contributed by atoms with E-state index in [9.17, 15) is 20.4 Å². The second-order valence-corrected chi connectivity index (χ2v) is 20.9. The van der Waals surface area contributed by atoms with Gasteiger partial charge in [-0.1, -0.05) is 27.7 Å². The van der Waals surface area contributed by atoms with Crippen molar-refractivity contribution in [3.05, 3.63) is 0 Å². The third kappa shape index (κ3) is 5.64. The molecule has 8 rings (SSSR count). The fourth-order valence-corrected chi connectivity index (χ4v) is 16.7. The number of fused-ring (bicyclic) bond motifs is 10. The van der Waals surface area contributed by atoms with E-state index in [1.54, 1.807) is 0 Å². The van der Waals surface area contributed by atoms with Crippen molar-refractivity contribution >= 4 is 0 Å². The minimum Gasteiger partial charge on any atom is -0.396 e. The normalized spacial score (nSPS) is 55.4. The molecule has 8 aliphatic rings. The van der Waals surface area contributed by atoms with Gasteiger partial charge in [-0.2, -0.15) is 0 Å².